The Kier molecular flexibility index (Phi) is 3.58. The normalized spacial score (nSPS) is 10.5. The molecule has 2 aromatic rings. The number of nitrogens with one attached hydrogen (secondary N) is 2. The second kappa shape index (κ2) is 5.13. The van der Waals surface area contributed by atoms with Crippen molar-refractivity contribution >= 4 is 21.6 Å². The van der Waals surface area contributed by atoms with E-state index in [4.69, 9.17) is 0 Å². The zero-order chi connectivity index (χ0) is 12.3. The van der Waals surface area contributed by atoms with Gasteiger partial charge in [-0.3, -0.25) is 4.79 Å². The van der Waals surface area contributed by atoms with Crippen LogP contribution in [0.4, 0.5) is 5.69 Å². The number of halogens is 1. The Morgan fingerprint density at radius 3 is 3.06 bits per heavy atom. The molecule has 0 fully saturated rings. The fourth-order valence-electron chi connectivity index (χ4n) is 1.39. The van der Waals surface area contributed by atoms with E-state index in [-0.39, 0.29) is 5.56 Å². The molecule has 2 heterocycles. The number of rotatable bonds is 4. The third kappa shape index (κ3) is 2.73. The van der Waals surface area contributed by atoms with Gasteiger partial charge in [0.2, 0.25) is 0 Å². The monoisotopic (exact) mass is 297 g/mol. The Hall–Kier alpha value is -1.63. The van der Waals surface area contributed by atoms with Crippen molar-refractivity contribution in [3.8, 4) is 0 Å². The van der Waals surface area contributed by atoms with Gasteiger partial charge in [-0.25, -0.2) is 9.67 Å². The number of nitrogens with zero attached hydrogens (tertiary/aromatic N) is 3. The number of hydrogen-bond acceptors (Lipinski definition) is 4. The van der Waals surface area contributed by atoms with Crippen molar-refractivity contribution in [2.75, 3.05) is 11.9 Å². The van der Waals surface area contributed by atoms with E-state index in [0.717, 1.165) is 12.1 Å². The quantitative estimate of drug-likeness (QED) is 0.880. The third-order valence-corrected chi connectivity index (χ3v) is 3.11. The Morgan fingerprint density at radius 2 is 2.35 bits per heavy atom. The average molecular weight is 298 g/mol. The SMILES string of the molecule is Cn1ncc(NCCc2cnc[nH]2)c(Br)c1=O. The number of aromatic nitrogens is 4. The Bertz CT molecular complexity index is 548. The summed E-state index contributed by atoms with van der Waals surface area (Å²) in [6.07, 6.45) is 5.85. The van der Waals surface area contributed by atoms with Gasteiger partial charge in [-0.05, 0) is 15.9 Å². The molecule has 6 nitrogen and oxygen atoms in total. The van der Waals surface area contributed by atoms with Gasteiger partial charge in [0.25, 0.3) is 5.56 Å². The minimum absolute atomic E-state index is 0.156. The first-order valence-corrected chi connectivity index (χ1v) is 5.90. The van der Waals surface area contributed by atoms with E-state index in [2.05, 4.69) is 36.3 Å². The Balaban J connectivity index is 2.00. The molecule has 0 radical (unpaired) electrons. The van der Waals surface area contributed by atoms with Crippen LogP contribution in [0.25, 0.3) is 0 Å². The van der Waals surface area contributed by atoms with Crippen molar-refractivity contribution in [1.29, 1.82) is 0 Å². The maximum absolute atomic E-state index is 11.6. The molecule has 0 saturated heterocycles. The highest BCUT2D eigenvalue weighted by Crippen LogP contribution is 2.15. The second-order valence-electron chi connectivity index (χ2n) is 3.55. The van der Waals surface area contributed by atoms with Gasteiger partial charge in [0.1, 0.15) is 4.47 Å². The van der Waals surface area contributed by atoms with Crippen LogP contribution in [-0.2, 0) is 13.5 Å². The van der Waals surface area contributed by atoms with Gasteiger partial charge in [-0.15, -0.1) is 0 Å². The van der Waals surface area contributed by atoms with E-state index < -0.39 is 0 Å². The van der Waals surface area contributed by atoms with Crippen LogP contribution >= 0.6 is 15.9 Å². The summed E-state index contributed by atoms with van der Waals surface area (Å²) in [5.74, 6) is 0. The molecule has 0 saturated carbocycles. The molecule has 0 aliphatic heterocycles. The first kappa shape index (κ1) is 11.8. The zero-order valence-corrected chi connectivity index (χ0v) is 10.9. The molecule has 0 atom stereocenters. The van der Waals surface area contributed by atoms with Gasteiger partial charge >= 0.3 is 0 Å². The van der Waals surface area contributed by atoms with E-state index in [1.807, 2.05) is 0 Å². The highest BCUT2D eigenvalue weighted by Gasteiger charge is 2.05. The van der Waals surface area contributed by atoms with Gasteiger partial charge in [-0.1, -0.05) is 0 Å². The molecule has 0 bridgehead atoms. The zero-order valence-electron chi connectivity index (χ0n) is 9.27. The largest absolute Gasteiger partial charge is 0.382 e. The van der Waals surface area contributed by atoms with Crippen molar-refractivity contribution < 1.29 is 0 Å². The molecule has 0 aromatic carbocycles. The summed E-state index contributed by atoms with van der Waals surface area (Å²) in [6.45, 7) is 0.704. The standard InChI is InChI=1S/C10H12BrN5O/c1-16-10(17)9(11)8(5-15-16)13-3-2-7-4-12-6-14-7/h4-6,13H,2-3H2,1H3,(H,12,14). The molecule has 2 N–H and O–H groups in total. The second-order valence-corrected chi connectivity index (χ2v) is 4.35. The number of aromatic amines is 1. The van der Waals surface area contributed by atoms with Gasteiger partial charge < -0.3 is 10.3 Å². The van der Waals surface area contributed by atoms with Crippen LogP contribution in [0.5, 0.6) is 0 Å². The molecule has 2 aromatic heterocycles. The number of aryl methyl sites for hydroxylation is 1. The highest BCUT2D eigenvalue weighted by molar-refractivity contribution is 9.10. The van der Waals surface area contributed by atoms with Crippen molar-refractivity contribution in [3.05, 3.63) is 39.2 Å². The smallest absolute Gasteiger partial charge is 0.282 e. The molecule has 90 valence electrons. The topological polar surface area (TPSA) is 75.6 Å². The molecular formula is C10H12BrN5O. The first-order valence-electron chi connectivity index (χ1n) is 5.11. The Labute approximate surface area is 106 Å². The number of anilines is 1. The molecule has 2 rings (SSSR count). The van der Waals surface area contributed by atoms with Crippen LogP contribution < -0.4 is 10.9 Å². The molecular weight excluding hydrogens is 286 g/mol. The van der Waals surface area contributed by atoms with Crippen molar-refractivity contribution in [3.63, 3.8) is 0 Å². The van der Waals surface area contributed by atoms with Gasteiger partial charge in [0.15, 0.2) is 0 Å². The van der Waals surface area contributed by atoms with E-state index in [0.29, 0.717) is 16.7 Å². The lowest BCUT2D eigenvalue weighted by molar-refractivity contribution is 0.703. The summed E-state index contributed by atoms with van der Waals surface area (Å²) in [4.78, 5) is 18.5. The summed E-state index contributed by atoms with van der Waals surface area (Å²) in [6, 6.07) is 0. The van der Waals surface area contributed by atoms with Crippen LogP contribution in [0.2, 0.25) is 0 Å². The van der Waals surface area contributed by atoms with Crippen molar-refractivity contribution in [1.82, 2.24) is 19.7 Å². The van der Waals surface area contributed by atoms with Crippen LogP contribution in [0.1, 0.15) is 5.69 Å². The van der Waals surface area contributed by atoms with Crippen LogP contribution in [0.3, 0.4) is 0 Å². The molecule has 0 amide bonds. The predicted octanol–water partition coefficient (Wildman–Crippen LogP) is 0.920. The highest BCUT2D eigenvalue weighted by atomic mass is 79.9. The minimum Gasteiger partial charge on any atom is -0.382 e. The van der Waals surface area contributed by atoms with E-state index in [1.54, 1.807) is 25.8 Å². The molecule has 0 aliphatic carbocycles. The van der Waals surface area contributed by atoms with Crippen LogP contribution in [-0.4, -0.2) is 26.3 Å². The van der Waals surface area contributed by atoms with Gasteiger partial charge in [-0.2, -0.15) is 5.10 Å². The molecule has 17 heavy (non-hydrogen) atoms. The third-order valence-electron chi connectivity index (χ3n) is 2.34. The van der Waals surface area contributed by atoms with Crippen molar-refractivity contribution in [2.24, 2.45) is 7.05 Å². The fraction of sp³-hybridized carbons (Fsp3) is 0.300. The first-order chi connectivity index (χ1) is 8.18. The maximum Gasteiger partial charge on any atom is 0.282 e. The summed E-state index contributed by atoms with van der Waals surface area (Å²) < 4.78 is 1.78. The predicted molar refractivity (Wildman–Crippen MR) is 68.0 cm³/mol. The maximum atomic E-state index is 11.6. The van der Waals surface area contributed by atoms with Crippen LogP contribution in [0, 0.1) is 0 Å². The lowest BCUT2D eigenvalue weighted by Gasteiger charge is -2.07. The summed E-state index contributed by atoms with van der Waals surface area (Å²) >= 11 is 3.25. The molecule has 0 aliphatic rings. The summed E-state index contributed by atoms with van der Waals surface area (Å²) in [7, 11) is 1.61. The van der Waals surface area contributed by atoms with Crippen LogP contribution in [0.15, 0.2) is 28.0 Å². The number of imidazole rings is 1. The van der Waals surface area contributed by atoms with E-state index >= 15 is 0 Å². The molecule has 0 spiro atoms. The van der Waals surface area contributed by atoms with E-state index in [1.165, 1.54) is 4.68 Å². The lowest BCUT2D eigenvalue weighted by Crippen LogP contribution is -2.21. The fourth-order valence-corrected chi connectivity index (χ4v) is 1.89. The van der Waals surface area contributed by atoms with E-state index in [9.17, 15) is 4.79 Å². The summed E-state index contributed by atoms with van der Waals surface area (Å²) in [5.41, 5.74) is 1.59. The number of H-pyrrole nitrogens is 1. The minimum atomic E-state index is -0.156. The molecule has 7 heteroatoms. The van der Waals surface area contributed by atoms with Crippen molar-refractivity contribution in [2.45, 2.75) is 6.42 Å². The lowest BCUT2D eigenvalue weighted by atomic mass is 10.3. The van der Waals surface area contributed by atoms with Gasteiger partial charge in [0, 0.05) is 31.9 Å². The number of hydrogen-bond donors (Lipinski definition) is 2. The summed E-state index contributed by atoms with van der Waals surface area (Å²) in [5, 5.41) is 7.10. The Morgan fingerprint density at radius 1 is 1.53 bits per heavy atom. The average Bonchev–Trinajstić information content (AvgIpc) is 2.82. The van der Waals surface area contributed by atoms with Gasteiger partial charge in [0.05, 0.1) is 18.2 Å². The molecule has 0 unspecified atom stereocenters.